The number of hydrogen-bond acceptors (Lipinski definition) is 3. The van der Waals surface area contributed by atoms with Gasteiger partial charge in [-0.25, -0.2) is 4.68 Å². The highest BCUT2D eigenvalue weighted by atomic mass is 79.9. The van der Waals surface area contributed by atoms with Crippen molar-refractivity contribution in [2.75, 3.05) is 5.32 Å². The summed E-state index contributed by atoms with van der Waals surface area (Å²) in [4.78, 5) is 14.2. The molecule has 0 aromatic carbocycles. The van der Waals surface area contributed by atoms with E-state index in [4.69, 9.17) is 0 Å². The van der Waals surface area contributed by atoms with Gasteiger partial charge in [0.25, 0.3) is 5.92 Å². The van der Waals surface area contributed by atoms with E-state index in [1.165, 1.54) is 6.08 Å². The molecule has 96 valence electrons. The van der Waals surface area contributed by atoms with Crippen molar-refractivity contribution in [1.29, 1.82) is 0 Å². The van der Waals surface area contributed by atoms with Crippen molar-refractivity contribution in [2.24, 2.45) is 5.92 Å². The van der Waals surface area contributed by atoms with Crippen molar-refractivity contribution in [3.63, 3.8) is 0 Å². The summed E-state index contributed by atoms with van der Waals surface area (Å²) in [6, 6.07) is 0. The van der Waals surface area contributed by atoms with Crippen molar-refractivity contribution in [1.82, 2.24) is 14.8 Å². The Morgan fingerprint density at radius 1 is 1.56 bits per heavy atom. The molecule has 3 rings (SSSR count). The Morgan fingerprint density at radius 2 is 2.28 bits per heavy atom. The maximum absolute atomic E-state index is 13.4. The normalized spacial score (nSPS) is 24.7. The van der Waals surface area contributed by atoms with Gasteiger partial charge in [-0.2, -0.15) is 13.8 Å². The molecule has 1 aromatic rings. The average molecular weight is 319 g/mol. The highest BCUT2D eigenvalue weighted by molar-refractivity contribution is 9.09. The lowest BCUT2D eigenvalue weighted by Crippen LogP contribution is -2.28. The molecule has 2 aliphatic rings. The first-order valence-corrected chi connectivity index (χ1v) is 6.37. The number of hydrogen-bond donors (Lipinski definition) is 1. The minimum Gasteiger partial charge on any atom is -0.293 e. The number of fused-ring (bicyclic) bond motifs is 1. The summed E-state index contributed by atoms with van der Waals surface area (Å²) in [6.45, 7) is 0. The number of halogens is 3. The topological polar surface area (TPSA) is 59.8 Å². The number of nitrogens with one attached hydrogen (secondary N) is 1. The fourth-order valence-corrected chi connectivity index (χ4v) is 2.11. The van der Waals surface area contributed by atoms with Gasteiger partial charge < -0.3 is 0 Å². The van der Waals surface area contributed by atoms with Crippen LogP contribution in [0, 0.1) is 5.92 Å². The molecule has 1 aliphatic carbocycles. The van der Waals surface area contributed by atoms with Gasteiger partial charge in [0, 0.05) is 5.92 Å². The second-order valence-electron chi connectivity index (χ2n) is 4.35. The zero-order chi connectivity index (χ0) is 12.9. The summed E-state index contributed by atoms with van der Waals surface area (Å²) in [5.41, 5.74) is 0. The molecule has 1 N–H and O–H groups in total. The summed E-state index contributed by atoms with van der Waals surface area (Å²) in [5, 5.41) is 6.40. The van der Waals surface area contributed by atoms with Crippen molar-refractivity contribution in [2.45, 2.75) is 23.7 Å². The monoisotopic (exact) mass is 318 g/mol. The number of aromatic nitrogens is 3. The molecule has 18 heavy (non-hydrogen) atoms. The summed E-state index contributed by atoms with van der Waals surface area (Å²) in [6.07, 6.45) is 3.68. The first-order chi connectivity index (χ1) is 8.47. The van der Waals surface area contributed by atoms with Crippen LogP contribution in [0.4, 0.5) is 14.7 Å². The number of allylic oxidation sites excluding steroid dienone is 1. The number of nitrogens with zero attached hydrogens (tertiary/aromatic N) is 3. The van der Waals surface area contributed by atoms with Crippen LogP contribution in [0.5, 0.6) is 0 Å². The molecule has 1 amide bonds. The van der Waals surface area contributed by atoms with Gasteiger partial charge in [0.05, 0.1) is 0 Å². The molecule has 5 nitrogen and oxygen atoms in total. The standard InChI is InChI=1S/C10H9BrF2N4O/c11-8-10(12,13)4-3-6-14-9(16-17(6)8)15-7(18)5-1-2-5/h3-5,8H,1-2H2,(H,15,16,18). The molecule has 0 spiro atoms. The third-order valence-electron chi connectivity index (χ3n) is 2.83. The van der Waals surface area contributed by atoms with Crippen molar-refractivity contribution in [3.05, 3.63) is 11.9 Å². The summed E-state index contributed by atoms with van der Waals surface area (Å²) in [5.74, 6) is -2.82. The van der Waals surface area contributed by atoms with Gasteiger partial charge in [0.2, 0.25) is 11.9 Å². The van der Waals surface area contributed by atoms with Crippen LogP contribution in [0.3, 0.4) is 0 Å². The van der Waals surface area contributed by atoms with E-state index < -0.39 is 10.9 Å². The average Bonchev–Trinajstić information content (AvgIpc) is 3.07. The van der Waals surface area contributed by atoms with E-state index in [1.54, 1.807) is 0 Å². The molecule has 2 heterocycles. The van der Waals surface area contributed by atoms with Crippen molar-refractivity contribution >= 4 is 33.9 Å². The molecule has 1 atom stereocenters. The van der Waals surface area contributed by atoms with Gasteiger partial charge in [-0.1, -0.05) is 15.9 Å². The van der Waals surface area contributed by atoms with E-state index in [-0.39, 0.29) is 23.6 Å². The van der Waals surface area contributed by atoms with E-state index in [0.29, 0.717) is 0 Å². The molecule has 1 aliphatic heterocycles. The Balaban J connectivity index is 1.84. The summed E-state index contributed by atoms with van der Waals surface area (Å²) >= 11 is 2.88. The third kappa shape index (κ3) is 1.94. The lowest BCUT2D eigenvalue weighted by molar-refractivity contribution is -0.117. The van der Waals surface area contributed by atoms with Gasteiger partial charge >= 0.3 is 0 Å². The molecular formula is C10H9BrF2N4O. The fraction of sp³-hybridized carbons (Fsp3) is 0.500. The number of anilines is 1. The molecule has 0 saturated heterocycles. The number of carbonyl (C=O) groups is 1. The Hall–Kier alpha value is -1.31. The molecule has 8 heteroatoms. The maximum atomic E-state index is 13.4. The molecular weight excluding hydrogens is 310 g/mol. The number of amides is 1. The number of carbonyl (C=O) groups excluding carboxylic acids is 1. The van der Waals surface area contributed by atoms with Gasteiger partial charge in [-0.15, -0.1) is 5.10 Å². The second-order valence-corrected chi connectivity index (χ2v) is 5.21. The lowest BCUT2D eigenvalue weighted by atomic mass is 10.2. The molecule has 1 saturated carbocycles. The van der Waals surface area contributed by atoms with Crippen LogP contribution in [0.25, 0.3) is 6.08 Å². The Kier molecular flexibility index (Phi) is 2.51. The van der Waals surface area contributed by atoms with Crippen LogP contribution in [0.15, 0.2) is 6.08 Å². The highest BCUT2D eigenvalue weighted by Gasteiger charge is 2.41. The van der Waals surface area contributed by atoms with Crippen molar-refractivity contribution < 1.29 is 13.6 Å². The van der Waals surface area contributed by atoms with Gasteiger partial charge in [0.15, 0.2) is 10.8 Å². The number of rotatable bonds is 2. The molecule has 1 fully saturated rings. The van der Waals surface area contributed by atoms with E-state index in [2.05, 4.69) is 31.3 Å². The van der Waals surface area contributed by atoms with E-state index in [0.717, 1.165) is 23.6 Å². The summed E-state index contributed by atoms with van der Waals surface area (Å²) < 4.78 is 27.8. The van der Waals surface area contributed by atoms with Crippen LogP contribution in [-0.2, 0) is 4.79 Å². The zero-order valence-electron chi connectivity index (χ0n) is 9.11. The van der Waals surface area contributed by atoms with Gasteiger partial charge in [0.1, 0.15) is 0 Å². The minimum absolute atomic E-state index is 0.0160. The number of alkyl halides is 3. The molecule has 1 aromatic heterocycles. The smallest absolute Gasteiger partial charge is 0.293 e. The Labute approximate surface area is 109 Å². The first kappa shape index (κ1) is 11.8. The van der Waals surface area contributed by atoms with Gasteiger partial charge in [-0.05, 0) is 25.0 Å². The second kappa shape index (κ2) is 3.84. The van der Waals surface area contributed by atoms with Crippen LogP contribution < -0.4 is 5.32 Å². The minimum atomic E-state index is -3.03. The predicted octanol–water partition coefficient (Wildman–Crippen LogP) is 2.18. The third-order valence-corrected chi connectivity index (χ3v) is 3.83. The van der Waals surface area contributed by atoms with Crippen LogP contribution >= 0.6 is 15.9 Å². The van der Waals surface area contributed by atoms with E-state index in [9.17, 15) is 13.6 Å². The van der Waals surface area contributed by atoms with E-state index >= 15 is 0 Å². The van der Waals surface area contributed by atoms with Crippen LogP contribution in [-0.4, -0.2) is 26.6 Å². The SMILES string of the molecule is O=C(Nc1nc2n(n1)C(Br)C(F)(F)C=C2)C1CC1. The quantitative estimate of drug-likeness (QED) is 0.850. The predicted molar refractivity (Wildman–Crippen MR) is 63.3 cm³/mol. The highest BCUT2D eigenvalue weighted by Crippen LogP contribution is 2.39. The fourth-order valence-electron chi connectivity index (χ4n) is 1.65. The van der Waals surface area contributed by atoms with E-state index in [1.807, 2.05) is 0 Å². The van der Waals surface area contributed by atoms with Crippen LogP contribution in [0.1, 0.15) is 23.6 Å². The molecule has 0 bridgehead atoms. The summed E-state index contributed by atoms with van der Waals surface area (Å²) in [7, 11) is 0. The first-order valence-electron chi connectivity index (χ1n) is 5.46. The zero-order valence-corrected chi connectivity index (χ0v) is 10.7. The maximum Gasteiger partial charge on any atom is 0.298 e. The van der Waals surface area contributed by atoms with Gasteiger partial charge in [-0.3, -0.25) is 10.1 Å². The molecule has 0 radical (unpaired) electrons. The molecule has 1 unspecified atom stereocenters. The van der Waals surface area contributed by atoms with Crippen molar-refractivity contribution in [3.8, 4) is 0 Å². The Bertz CT molecular complexity index is 538. The Morgan fingerprint density at radius 3 is 2.94 bits per heavy atom. The largest absolute Gasteiger partial charge is 0.298 e. The lowest BCUT2D eigenvalue weighted by Gasteiger charge is -2.22. The van der Waals surface area contributed by atoms with Crippen LogP contribution in [0.2, 0.25) is 0 Å².